The summed E-state index contributed by atoms with van der Waals surface area (Å²) in [5.74, 6) is 0.289. The van der Waals surface area contributed by atoms with E-state index in [2.05, 4.69) is 13.8 Å². The minimum Gasteiger partial charge on any atom is -0.394 e. The maximum atomic E-state index is 10.8. The highest BCUT2D eigenvalue weighted by molar-refractivity contribution is 4.94. The molecule has 2 rings (SSSR count). The molecule has 0 amide bonds. The van der Waals surface area contributed by atoms with Crippen molar-refractivity contribution in [3.63, 3.8) is 0 Å². The summed E-state index contributed by atoms with van der Waals surface area (Å²) in [4.78, 5) is 0. The first-order valence-corrected chi connectivity index (χ1v) is 15.0. The van der Waals surface area contributed by atoms with Gasteiger partial charge in [0.15, 0.2) is 12.6 Å². The van der Waals surface area contributed by atoms with Gasteiger partial charge in [-0.05, 0) is 18.8 Å². The van der Waals surface area contributed by atoms with Gasteiger partial charge in [-0.1, -0.05) is 78.1 Å². The molecule has 2 aliphatic rings. The van der Waals surface area contributed by atoms with Crippen LogP contribution in [0.1, 0.15) is 90.9 Å². The largest absolute Gasteiger partial charge is 0.394 e. The van der Waals surface area contributed by atoms with Gasteiger partial charge in [0.1, 0.15) is 48.8 Å². The van der Waals surface area contributed by atoms with Crippen molar-refractivity contribution in [1.29, 1.82) is 0 Å². The lowest BCUT2D eigenvalue weighted by Crippen LogP contribution is -2.64. The van der Waals surface area contributed by atoms with Crippen LogP contribution in [0.25, 0.3) is 0 Å². The van der Waals surface area contributed by atoms with Gasteiger partial charge in [0.05, 0.1) is 19.8 Å². The monoisotopic (exact) mass is 566 g/mol. The van der Waals surface area contributed by atoms with E-state index in [-0.39, 0.29) is 5.92 Å². The molecule has 2 aliphatic heterocycles. The van der Waals surface area contributed by atoms with Crippen molar-refractivity contribution >= 4 is 0 Å². The Morgan fingerprint density at radius 3 is 1.69 bits per heavy atom. The van der Waals surface area contributed by atoms with Crippen molar-refractivity contribution in [2.24, 2.45) is 5.92 Å². The molecular weight excluding hydrogens is 512 g/mol. The molecule has 0 spiro atoms. The summed E-state index contributed by atoms with van der Waals surface area (Å²) < 4.78 is 22.7. The highest BCUT2D eigenvalue weighted by Gasteiger charge is 2.50. The zero-order valence-electron chi connectivity index (χ0n) is 23.7. The van der Waals surface area contributed by atoms with Crippen LogP contribution in [0.4, 0.5) is 0 Å². The third kappa shape index (κ3) is 10.7. The normalized spacial score (nSPS) is 36.2. The standard InChI is InChI=1S/C28H54O11/c1-3-5-7-9-10-12-14-18(13-11-8-6-4-2)17-36-27-25(35)23(33)26(20(16-30)38-27)39-28-24(34)22(32)21(31)19(15-29)37-28/h18-35H,3-17H2,1-2H3/t18?,19-,20-,21-,22+,23-,24-,25-,26-,27-,28+/m1/s1. The van der Waals surface area contributed by atoms with Crippen molar-refractivity contribution in [3.8, 4) is 0 Å². The number of hydrogen-bond acceptors (Lipinski definition) is 11. The lowest BCUT2D eigenvalue weighted by Gasteiger charge is -2.46. The molecule has 1 unspecified atom stereocenters. The SMILES string of the molecule is CCCCCCCCC(CCCCCC)CO[C@@H]1O[C@H](CO)[C@@H](O[C@@H]2O[C@H](CO)[C@@H](O)[C@H](O)[C@H]2O)[C@H](O)[C@H]1O. The Bertz CT molecular complexity index is 622. The molecule has 0 aromatic carbocycles. The average molecular weight is 567 g/mol. The van der Waals surface area contributed by atoms with Crippen molar-refractivity contribution in [1.82, 2.24) is 0 Å². The van der Waals surface area contributed by atoms with E-state index in [1.807, 2.05) is 0 Å². The second-order valence-corrected chi connectivity index (χ2v) is 11.1. The van der Waals surface area contributed by atoms with E-state index in [0.29, 0.717) is 6.61 Å². The molecule has 11 heteroatoms. The van der Waals surface area contributed by atoms with E-state index in [1.165, 1.54) is 38.5 Å². The van der Waals surface area contributed by atoms with Crippen molar-refractivity contribution in [2.75, 3.05) is 19.8 Å². The maximum absolute atomic E-state index is 10.8. The van der Waals surface area contributed by atoms with Crippen molar-refractivity contribution in [3.05, 3.63) is 0 Å². The van der Waals surface area contributed by atoms with Gasteiger partial charge in [0.2, 0.25) is 0 Å². The van der Waals surface area contributed by atoms with Crippen LogP contribution in [0.5, 0.6) is 0 Å². The Morgan fingerprint density at radius 1 is 0.590 bits per heavy atom. The van der Waals surface area contributed by atoms with Crippen LogP contribution >= 0.6 is 0 Å². The van der Waals surface area contributed by atoms with Gasteiger partial charge in [-0.3, -0.25) is 0 Å². The third-order valence-electron chi connectivity index (χ3n) is 7.89. The van der Waals surface area contributed by atoms with E-state index >= 15 is 0 Å². The fraction of sp³-hybridized carbons (Fsp3) is 1.00. The van der Waals surface area contributed by atoms with Gasteiger partial charge in [-0.15, -0.1) is 0 Å². The van der Waals surface area contributed by atoms with Crippen LogP contribution in [0.3, 0.4) is 0 Å². The molecule has 232 valence electrons. The smallest absolute Gasteiger partial charge is 0.187 e. The van der Waals surface area contributed by atoms with Gasteiger partial charge in [0, 0.05) is 0 Å². The summed E-state index contributed by atoms with van der Waals surface area (Å²) in [6.07, 6.45) is -0.531. The molecule has 0 aromatic rings. The summed E-state index contributed by atoms with van der Waals surface area (Å²) >= 11 is 0. The molecule has 0 radical (unpaired) electrons. The summed E-state index contributed by atoms with van der Waals surface area (Å²) in [5.41, 5.74) is 0. The molecule has 11 atom stereocenters. The van der Waals surface area contributed by atoms with Crippen LogP contribution in [0, 0.1) is 5.92 Å². The first-order valence-electron chi connectivity index (χ1n) is 15.0. The van der Waals surface area contributed by atoms with Crippen LogP contribution in [0.2, 0.25) is 0 Å². The maximum Gasteiger partial charge on any atom is 0.187 e. The number of rotatable bonds is 19. The topological polar surface area (TPSA) is 179 Å². The number of aliphatic hydroxyl groups is 7. The minimum absolute atomic E-state index is 0.289. The van der Waals surface area contributed by atoms with Crippen LogP contribution < -0.4 is 0 Å². The Balaban J connectivity index is 1.94. The molecule has 2 saturated heterocycles. The Hall–Kier alpha value is -0.440. The average Bonchev–Trinajstić information content (AvgIpc) is 2.94. The third-order valence-corrected chi connectivity index (χ3v) is 7.89. The molecule has 2 heterocycles. The first kappa shape index (κ1) is 34.8. The molecule has 7 N–H and O–H groups in total. The number of aliphatic hydroxyl groups excluding tert-OH is 7. The second kappa shape index (κ2) is 18.9. The number of ether oxygens (including phenoxy) is 4. The van der Waals surface area contributed by atoms with E-state index in [1.54, 1.807) is 0 Å². The van der Waals surface area contributed by atoms with Crippen LogP contribution in [-0.4, -0.2) is 117 Å². The van der Waals surface area contributed by atoms with Gasteiger partial charge >= 0.3 is 0 Å². The molecule has 0 aliphatic carbocycles. The number of unbranched alkanes of at least 4 members (excludes halogenated alkanes) is 8. The molecule has 0 bridgehead atoms. The van der Waals surface area contributed by atoms with Crippen LogP contribution in [0.15, 0.2) is 0 Å². The van der Waals surface area contributed by atoms with Crippen molar-refractivity contribution in [2.45, 2.75) is 152 Å². The fourth-order valence-corrected chi connectivity index (χ4v) is 5.31. The molecule has 11 nitrogen and oxygen atoms in total. The lowest BCUT2D eigenvalue weighted by atomic mass is 9.94. The van der Waals surface area contributed by atoms with Gasteiger partial charge < -0.3 is 54.7 Å². The molecule has 0 aromatic heterocycles. The lowest BCUT2D eigenvalue weighted by molar-refractivity contribution is -0.360. The molecule has 2 fully saturated rings. The van der Waals surface area contributed by atoms with Crippen LogP contribution in [-0.2, 0) is 18.9 Å². The summed E-state index contributed by atoms with van der Waals surface area (Å²) in [6.45, 7) is 3.51. The zero-order valence-corrected chi connectivity index (χ0v) is 23.7. The predicted octanol–water partition coefficient (Wildman–Crippen LogP) is 0.964. The Morgan fingerprint density at radius 2 is 1.10 bits per heavy atom. The summed E-state index contributed by atoms with van der Waals surface area (Å²) in [7, 11) is 0. The number of hydrogen-bond donors (Lipinski definition) is 7. The van der Waals surface area contributed by atoms with E-state index < -0.39 is 74.6 Å². The predicted molar refractivity (Wildman–Crippen MR) is 143 cm³/mol. The highest BCUT2D eigenvalue weighted by atomic mass is 16.7. The van der Waals surface area contributed by atoms with Gasteiger partial charge in [-0.25, -0.2) is 0 Å². The first-order chi connectivity index (χ1) is 18.8. The van der Waals surface area contributed by atoms with E-state index in [4.69, 9.17) is 18.9 Å². The Kier molecular flexibility index (Phi) is 16.8. The molecule has 39 heavy (non-hydrogen) atoms. The van der Waals surface area contributed by atoms with E-state index in [0.717, 1.165) is 38.5 Å². The molecular formula is C28H54O11. The quantitative estimate of drug-likeness (QED) is 0.111. The Labute approximate surface area is 233 Å². The van der Waals surface area contributed by atoms with Gasteiger partial charge in [0.25, 0.3) is 0 Å². The second-order valence-electron chi connectivity index (χ2n) is 11.1. The highest BCUT2D eigenvalue weighted by Crippen LogP contribution is 2.30. The van der Waals surface area contributed by atoms with E-state index in [9.17, 15) is 35.7 Å². The summed E-state index contributed by atoms with van der Waals surface area (Å²) in [6, 6.07) is 0. The molecule has 0 saturated carbocycles. The fourth-order valence-electron chi connectivity index (χ4n) is 5.31. The minimum atomic E-state index is -1.70. The zero-order chi connectivity index (χ0) is 28.8. The van der Waals surface area contributed by atoms with Crippen molar-refractivity contribution < 1.29 is 54.7 Å². The summed E-state index contributed by atoms with van der Waals surface area (Å²) in [5, 5.41) is 71.2. The van der Waals surface area contributed by atoms with Gasteiger partial charge in [-0.2, -0.15) is 0 Å².